The number of carbonyl (C=O) groups excluding carboxylic acids is 2. The van der Waals surface area contributed by atoms with Gasteiger partial charge in [0.2, 0.25) is 16.9 Å². The van der Waals surface area contributed by atoms with Crippen molar-refractivity contribution < 1.29 is 9.59 Å². The van der Waals surface area contributed by atoms with Crippen molar-refractivity contribution in [3.8, 4) is 0 Å². The third-order valence-corrected chi connectivity index (χ3v) is 4.91. The van der Waals surface area contributed by atoms with Crippen molar-refractivity contribution in [2.24, 2.45) is 0 Å². The number of nitrogens with zero attached hydrogens (tertiary/aromatic N) is 2. The second-order valence-corrected chi connectivity index (χ2v) is 7.13. The van der Waals surface area contributed by atoms with Crippen LogP contribution in [0.1, 0.15) is 24.9 Å². The summed E-state index contributed by atoms with van der Waals surface area (Å²) >= 11 is 2.82. The summed E-state index contributed by atoms with van der Waals surface area (Å²) in [6, 6.07) is 9.00. The number of nitrogens with one attached hydrogen (secondary N) is 2. The third-order valence-electron chi connectivity index (χ3n) is 2.95. The normalized spacial score (nSPS) is 11.5. The molecule has 0 aliphatic heterocycles. The summed E-state index contributed by atoms with van der Waals surface area (Å²) in [6.07, 6.45) is 1.90. The van der Waals surface area contributed by atoms with Crippen LogP contribution >= 0.6 is 23.1 Å². The van der Waals surface area contributed by atoms with Gasteiger partial charge in [-0.15, -0.1) is 16.8 Å². The van der Waals surface area contributed by atoms with Crippen molar-refractivity contribution >= 4 is 40.0 Å². The molecule has 0 spiro atoms. The maximum atomic E-state index is 12.3. The highest BCUT2D eigenvalue weighted by Crippen LogP contribution is 2.26. The summed E-state index contributed by atoms with van der Waals surface area (Å²) in [5.41, 5.74) is 0.877. The van der Waals surface area contributed by atoms with E-state index in [9.17, 15) is 9.59 Å². The zero-order valence-corrected chi connectivity index (χ0v) is 14.8. The standard InChI is InChI=1S/C16H18N4O2S2/c1-3-9-23-16-20-19-15(24-16)18-14(22)10-13(17-11(2)21)12-7-5-4-6-8-12/h3-8,13H,1,9-10H2,2H3,(H,17,21)(H,18,19,22)/t13-/m0/s1. The number of hydrogen-bond donors (Lipinski definition) is 2. The van der Waals surface area contributed by atoms with Gasteiger partial charge >= 0.3 is 0 Å². The van der Waals surface area contributed by atoms with E-state index in [1.165, 1.54) is 30.0 Å². The lowest BCUT2D eigenvalue weighted by Crippen LogP contribution is -2.29. The minimum atomic E-state index is -0.383. The molecule has 2 amide bonds. The molecular weight excluding hydrogens is 344 g/mol. The van der Waals surface area contributed by atoms with Gasteiger partial charge in [0.25, 0.3) is 0 Å². The first-order valence-corrected chi connectivity index (χ1v) is 9.07. The fourth-order valence-corrected chi connectivity index (χ4v) is 3.52. The Morgan fingerprint density at radius 3 is 2.75 bits per heavy atom. The maximum absolute atomic E-state index is 12.3. The predicted molar refractivity (Wildman–Crippen MR) is 97.1 cm³/mol. The molecule has 0 fully saturated rings. The fourth-order valence-electron chi connectivity index (χ4n) is 1.99. The van der Waals surface area contributed by atoms with Gasteiger partial charge in [0.1, 0.15) is 0 Å². The number of thioether (sulfide) groups is 1. The van der Waals surface area contributed by atoms with Crippen molar-refractivity contribution in [2.45, 2.75) is 23.7 Å². The Morgan fingerprint density at radius 2 is 2.08 bits per heavy atom. The Morgan fingerprint density at radius 1 is 1.33 bits per heavy atom. The molecule has 0 aliphatic carbocycles. The highest BCUT2D eigenvalue weighted by Gasteiger charge is 2.18. The topological polar surface area (TPSA) is 84.0 Å². The van der Waals surface area contributed by atoms with Crippen LogP contribution in [0.2, 0.25) is 0 Å². The van der Waals surface area contributed by atoms with Gasteiger partial charge in [-0.1, -0.05) is 59.5 Å². The third kappa shape index (κ3) is 5.78. The average molecular weight is 362 g/mol. The van der Waals surface area contributed by atoms with E-state index in [0.717, 1.165) is 15.7 Å². The van der Waals surface area contributed by atoms with E-state index in [-0.39, 0.29) is 24.3 Å². The monoisotopic (exact) mass is 362 g/mol. The van der Waals surface area contributed by atoms with Crippen LogP contribution in [0.3, 0.4) is 0 Å². The van der Waals surface area contributed by atoms with Gasteiger partial charge in [-0.3, -0.25) is 9.59 Å². The molecule has 6 nitrogen and oxygen atoms in total. The Bertz CT molecular complexity index is 703. The summed E-state index contributed by atoms with van der Waals surface area (Å²) < 4.78 is 0.770. The van der Waals surface area contributed by atoms with Crippen LogP contribution in [0.25, 0.3) is 0 Å². The number of anilines is 1. The molecule has 2 rings (SSSR count). The molecule has 0 aliphatic rings. The van der Waals surface area contributed by atoms with E-state index < -0.39 is 0 Å². The Labute approximate surface area is 148 Å². The van der Waals surface area contributed by atoms with Gasteiger partial charge in [0, 0.05) is 12.7 Å². The Balaban J connectivity index is 1.98. The van der Waals surface area contributed by atoms with Gasteiger partial charge in [0.05, 0.1) is 12.5 Å². The van der Waals surface area contributed by atoms with Crippen molar-refractivity contribution in [3.63, 3.8) is 0 Å². The zero-order valence-electron chi connectivity index (χ0n) is 13.2. The molecule has 1 aromatic heterocycles. The minimum Gasteiger partial charge on any atom is -0.349 e. The number of amides is 2. The van der Waals surface area contributed by atoms with E-state index in [2.05, 4.69) is 27.4 Å². The number of aromatic nitrogens is 2. The molecule has 126 valence electrons. The Kier molecular flexibility index (Phi) is 6.95. The van der Waals surface area contributed by atoms with E-state index in [1.54, 1.807) is 6.08 Å². The first-order valence-electron chi connectivity index (χ1n) is 7.27. The first-order chi connectivity index (χ1) is 11.6. The van der Waals surface area contributed by atoms with E-state index >= 15 is 0 Å². The lowest BCUT2D eigenvalue weighted by atomic mass is 10.0. The molecule has 8 heteroatoms. The van der Waals surface area contributed by atoms with Gasteiger partial charge in [-0.05, 0) is 5.56 Å². The lowest BCUT2D eigenvalue weighted by Gasteiger charge is -2.17. The van der Waals surface area contributed by atoms with Crippen LogP contribution in [0.5, 0.6) is 0 Å². The quantitative estimate of drug-likeness (QED) is 0.428. The van der Waals surface area contributed by atoms with Gasteiger partial charge in [-0.25, -0.2) is 0 Å². The molecule has 1 heterocycles. The van der Waals surface area contributed by atoms with Crippen LogP contribution in [-0.4, -0.2) is 27.8 Å². The molecule has 2 N–H and O–H groups in total. The highest BCUT2D eigenvalue weighted by atomic mass is 32.2. The molecule has 24 heavy (non-hydrogen) atoms. The number of hydrogen-bond acceptors (Lipinski definition) is 6. The highest BCUT2D eigenvalue weighted by molar-refractivity contribution is 8.01. The van der Waals surface area contributed by atoms with Gasteiger partial charge < -0.3 is 10.6 Å². The predicted octanol–water partition coefficient (Wildman–Crippen LogP) is 3.02. The largest absolute Gasteiger partial charge is 0.349 e. The van der Waals surface area contributed by atoms with Crippen LogP contribution < -0.4 is 10.6 Å². The molecule has 0 saturated carbocycles. The molecule has 0 unspecified atom stereocenters. The smallest absolute Gasteiger partial charge is 0.228 e. The average Bonchev–Trinajstić information content (AvgIpc) is 3.00. The van der Waals surface area contributed by atoms with E-state index in [4.69, 9.17) is 0 Å². The second-order valence-electron chi connectivity index (χ2n) is 4.89. The summed E-state index contributed by atoms with van der Waals surface area (Å²) in [7, 11) is 0. The summed E-state index contributed by atoms with van der Waals surface area (Å²) in [4.78, 5) is 23.7. The van der Waals surface area contributed by atoms with Crippen molar-refractivity contribution in [3.05, 3.63) is 48.6 Å². The molecule has 0 bridgehead atoms. The number of rotatable bonds is 8. The minimum absolute atomic E-state index is 0.123. The van der Waals surface area contributed by atoms with E-state index in [0.29, 0.717) is 5.13 Å². The van der Waals surface area contributed by atoms with Crippen molar-refractivity contribution in [1.29, 1.82) is 0 Å². The Hall–Kier alpha value is -2.19. The summed E-state index contributed by atoms with van der Waals surface area (Å²) in [5, 5.41) is 13.9. The molecule has 0 saturated heterocycles. The van der Waals surface area contributed by atoms with E-state index in [1.807, 2.05) is 30.3 Å². The number of carbonyl (C=O) groups is 2. The van der Waals surface area contributed by atoms with Crippen LogP contribution in [-0.2, 0) is 9.59 Å². The van der Waals surface area contributed by atoms with Crippen molar-refractivity contribution in [2.75, 3.05) is 11.1 Å². The van der Waals surface area contributed by atoms with Crippen LogP contribution in [0, 0.1) is 0 Å². The SMILES string of the molecule is C=CCSc1nnc(NC(=O)C[C@H](NC(C)=O)c2ccccc2)s1. The van der Waals surface area contributed by atoms with Crippen LogP contribution in [0.4, 0.5) is 5.13 Å². The van der Waals surface area contributed by atoms with Gasteiger partial charge in [0.15, 0.2) is 4.34 Å². The van der Waals surface area contributed by atoms with Crippen LogP contribution in [0.15, 0.2) is 47.3 Å². The molecular formula is C16H18N4O2S2. The number of benzene rings is 1. The molecule has 1 aromatic carbocycles. The van der Waals surface area contributed by atoms with Gasteiger partial charge in [-0.2, -0.15) is 0 Å². The maximum Gasteiger partial charge on any atom is 0.228 e. The molecule has 0 radical (unpaired) electrons. The summed E-state index contributed by atoms with van der Waals surface area (Å²) in [6.45, 7) is 5.08. The molecule has 1 atom stereocenters. The first kappa shape index (κ1) is 18.2. The molecule has 2 aromatic rings. The summed E-state index contributed by atoms with van der Waals surface area (Å²) in [5.74, 6) is 0.325. The lowest BCUT2D eigenvalue weighted by molar-refractivity contribution is -0.120. The second kappa shape index (κ2) is 9.19. The zero-order chi connectivity index (χ0) is 17.4. The fraction of sp³-hybridized carbons (Fsp3) is 0.250. The van der Waals surface area contributed by atoms with Crippen molar-refractivity contribution in [1.82, 2.24) is 15.5 Å².